The second kappa shape index (κ2) is 9.53. The zero-order valence-corrected chi connectivity index (χ0v) is 18.0. The van der Waals surface area contributed by atoms with Crippen molar-refractivity contribution >= 4 is 44.2 Å². The van der Waals surface area contributed by atoms with Crippen LogP contribution in [0.2, 0.25) is 0 Å². The number of aromatic nitrogens is 2. The van der Waals surface area contributed by atoms with E-state index in [0.29, 0.717) is 6.54 Å². The van der Waals surface area contributed by atoms with E-state index in [1.807, 2.05) is 19.1 Å². The Morgan fingerprint density at radius 2 is 1.90 bits per heavy atom. The van der Waals surface area contributed by atoms with Gasteiger partial charge in [-0.25, -0.2) is 13.1 Å². The molecule has 0 radical (unpaired) electrons. The molecule has 0 bridgehead atoms. The highest BCUT2D eigenvalue weighted by molar-refractivity contribution is 7.89. The number of halogens is 1. The number of fused-ring (bicyclic) bond motifs is 2. The van der Waals surface area contributed by atoms with Gasteiger partial charge in [0.25, 0.3) is 0 Å². The maximum absolute atomic E-state index is 12.7. The standard InChI is InChI=1S/C21H22N4O3S.ClH/c1-15(12-22-8-6-16-2-5-21-19(10-16)14-24-28-21)25-29(26,27)20-4-3-18-13-23-9-7-17(18)11-20;/h2-5,7,9-11,13-15,22,25H,6,8,12H2,1H3;1H/t15-;/m1./s1. The second-order valence-electron chi connectivity index (χ2n) is 7.06. The Kier molecular flexibility index (Phi) is 7.04. The minimum Gasteiger partial charge on any atom is -0.356 e. The van der Waals surface area contributed by atoms with Crippen molar-refractivity contribution in [3.05, 3.63) is 66.6 Å². The quantitative estimate of drug-likeness (QED) is 0.403. The number of hydrogen-bond donors (Lipinski definition) is 2. The SMILES string of the molecule is C[C@H](CNCCc1ccc2oncc2c1)NS(=O)(=O)c1ccc2cnccc2c1.Cl. The number of nitrogens with zero attached hydrogens (tertiary/aromatic N) is 2. The van der Waals surface area contributed by atoms with Crippen molar-refractivity contribution in [2.75, 3.05) is 13.1 Å². The fourth-order valence-electron chi connectivity index (χ4n) is 3.23. The first-order valence-electron chi connectivity index (χ1n) is 9.41. The van der Waals surface area contributed by atoms with Gasteiger partial charge >= 0.3 is 0 Å². The summed E-state index contributed by atoms with van der Waals surface area (Å²) in [5.74, 6) is 0. The maximum atomic E-state index is 12.7. The molecule has 2 heterocycles. The van der Waals surface area contributed by atoms with Gasteiger partial charge in [0, 0.05) is 35.8 Å². The summed E-state index contributed by atoms with van der Waals surface area (Å²) in [5.41, 5.74) is 1.95. The van der Waals surface area contributed by atoms with Crippen molar-refractivity contribution in [1.82, 2.24) is 20.2 Å². The Labute approximate surface area is 181 Å². The number of pyridine rings is 1. The predicted octanol–water partition coefficient (Wildman–Crippen LogP) is 3.30. The lowest BCUT2D eigenvalue weighted by Gasteiger charge is -2.15. The average Bonchev–Trinajstić information content (AvgIpc) is 3.18. The summed E-state index contributed by atoms with van der Waals surface area (Å²) in [5, 5.41) is 9.82. The van der Waals surface area contributed by atoms with Crippen LogP contribution < -0.4 is 10.0 Å². The van der Waals surface area contributed by atoms with Crippen LogP contribution in [0.3, 0.4) is 0 Å². The molecule has 0 fully saturated rings. The van der Waals surface area contributed by atoms with Gasteiger partial charge in [0.2, 0.25) is 10.0 Å². The Hall–Kier alpha value is -2.52. The van der Waals surface area contributed by atoms with Gasteiger partial charge < -0.3 is 9.84 Å². The van der Waals surface area contributed by atoms with Crippen molar-refractivity contribution in [3.63, 3.8) is 0 Å². The van der Waals surface area contributed by atoms with Crippen LogP contribution in [0.15, 0.2) is 70.5 Å². The van der Waals surface area contributed by atoms with Crippen LogP contribution >= 0.6 is 12.4 Å². The number of hydrogen-bond acceptors (Lipinski definition) is 6. The van der Waals surface area contributed by atoms with E-state index in [9.17, 15) is 8.42 Å². The van der Waals surface area contributed by atoms with Gasteiger partial charge in [-0.05, 0) is 61.2 Å². The first-order chi connectivity index (χ1) is 14.0. The van der Waals surface area contributed by atoms with Crippen LogP contribution in [-0.4, -0.2) is 37.7 Å². The van der Waals surface area contributed by atoms with Crippen LogP contribution in [0.4, 0.5) is 0 Å². The molecule has 0 saturated carbocycles. The Balaban J connectivity index is 0.00000256. The van der Waals surface area contributed by atoms with E-state index >= 15 is 0 Å². The second-order valence-corrected chi connectivity index (χ2v) is 8.77. The predicted molar refractivity (Wildman–Crippen MR) is 119 cm³/mol. The van der Waals surface area contributed by atoms with E-state index in [1.165, 1.54) is 5.56 Å². The van der Waals surface area contributed by atoms with Crippen LogP contribution in [-0.2, 0) is 16.4 Å². The molecule has 30 heavy (non-hydrogen) atoms. The highest BCUT2D eigenvalue weighted by Crippen LogP contribution is 2.18. The van der Waals surface area contributed by atoms with E-state index in [2.05, 4.69) is 26.2 Å². The molecule has 7 nitrogen and oxygen atoms in total. The molecule has 0 aliphatic carbocycles. The van der Waals surface area contributed by atoms with Crippen LogP contribution in [0.25, 0.3) is 21.7 Å². The normalized spacial score (nSPS) is 12.7. The molecule has 0 unspecified atom stereocenters. The lowest BCUT2D eigenvalue weighted by atomic mass is 10.1. The molecule has 4 aromatic rings. The number of benzene rings is 2. The third kappa shape index (κ3) is 5.14. The molecular weight excluding hydrogens is 424 g/mol. The fraction of sp³-hybridized carbons (Fsp3) is 0.238. The topological polar surface area (TPSA) is 97.1 Å². The molecule has 0 aliphatic heterocycles. The molecule has 1 atom stereocenters. The van der Waals surface area contributed by atoms with Crippen molar-refractivity contribution in [3.8, 4) is 0 Å². The van der Waals surface area contributed by atoms with Gasteiger partial charge in [0.05, 0.1) is 11.1 Å². The summed E-state index contributed by atoms with van der Waals surface area (Å²) in [6.07, 6.45) is 5.90. The van der Waals surface area contributed by atoms with Crippen molar-refractivity contribution in [1.29, 1.82) is 0 Å². The monoisotopic (exact) mass is 446 g/mol. The summed E-state index contributed by atoms with van der Waals surface area (Å²) >= 11 is 0. The Morgan fingerprint density at radius 1 is 1.03 bits per heavy atom. The molecule has 2 aromatic heterocycles. The molecule has 0 spiro atoms. The summed E-state index contributed by atoms with van der Waals surface area (Å²) in [6, 6.07) is 12.6. The first-order valence-corrected chi connectivity index (χ1v) is 10.9. The average molecular weight is 447 g/mol. The van der Waals surface area contributed by atoms with Crippen LogP contribution in [0.1, 0.15) is 12.5 Å². The van der Waals surface area contributed by atoms with E-state index < -0.39 is 10.0 Å². The van der Waals surface area contributed by atoms with Gasteiger partial charge in [0.15, 0.2) is 5.58 Å². The molecule has 2 N–H and O–H groups in total. The molecule has 0 amide bonds. The van der Waals surface area contributed by atoms with Crippen molar-refractivity contribution in [2.24, 2.45) is 0 Å². The maximum Gasteiger partial charge on any atom is 0.240 e. The van der Waals surface area contributed by atoms with Gasteiger partial charge in [-0.1, -0.05) is 17.3 Å². The van der Waals surface area contributed by atoms with Crippen molar-refractivity contribution < 1.29 is 12.9 Å². The molecule has 0 saturated heterocycles. The van der Waals surface area contributed by atoms with E-state index in [1.54, 1.807) is 42.9 Å². The molecular formula is C21H23ClN4O3S. The summed E-state index contributed by atoms with van der Waals surface area (Å²) in [6.45, 7) is 3.12. The first kappa shape index (κ1) is 22.2. The van der Waals surface area contributed by atoms with Gasteiger partial charge in [-0.2, -0.15) is 0 Å². The minimum atomic E-state index is -3.59. The molecule has 4 rings (SSSR count). The van der Waals surface area contributed by atoms with Gasteiger partial charge in [0.1, 0.15) is 0 Å². The Bertz CT molecular complexity index is 1240. The minimum absolute atomic E-state index is 0. The zero-order valence-electron chi connectivity index (χ0n) is 16.4. The summed E-state index contributed by atoms with van der Waals surface area (Å²) in [4.78, 5) is 4.30. The third-order valence-electron chi connectivity index (χ3n) is 4.74. The highest BCUT2D eigenvalue weighted by atomic mass is 35.5. The number of nitrogens with one attached hydrogen (secondary N) is 2. The number of rotatable bonds is 8. The van der Waals surface area contributed by atoms with Gasteiger partial charge in [-0.15, -0.1) is 12.4 Å². The largest absolute Gasteiger partial charge is 0.356 e. The molecule has 2 aromatic carbocycles. The Morgan fingerprint density at radius 3 is 2.77 bits per heavy atom. The van der Waals surface area contributed by atoms with Crippen LogP contribution in [0, 0.1) is 0 Å². The fourth-order valence-corrected chi connectivity index (χ4v) is 4.51. The van der Waals surface area contributed by atoms with Gasteiger partial charge in [-0.3, -0.25) is 4.98 Å². The van der Waals surface area contributed by atoms with Crippen molar-refractivity contribution in [2.45, 2.75) is 24.3 Å². The lowest BCUT2D eigenvalue weighted by Crippen LogP contribution is -2.40. The van der Waals surface area contributed by atoms with E-state index in [-0.39, 0.29) is 23.3 Å². The van der Waals surface area contributed by atoms with E-state index in [0.717, 1.165) is 34.7 Å². The smallest absolute Gasteiger partial charge is 0.240 e. The zero-order chi connectivity index (χ0) is 20.3. The summed E-state index contributed by atoms with van der Waals surface area (Å²) in [7, 11) is -3.59. The molecule has 0 aliphatic rings. The summed E-state index contributed by atoms with van der Waals surface area (Å²) < 4.78 is 33.2. The third-order valence-corrected chi connectivity index (χ3v) is 6.32. The lowest BCUT2D eigenvalue weighted by molar-refractivity contribution is 0.456. The van der Waals surface area contributed by atoms with Crippen LogP contribution in [0.5, 0.6) is 0 Å². The highest BCUT2D eigenvalue weighted by Gasteiger charge is 2.17. The number of sulfonamides is 1. The molecule has 9 heteroatoms. The molecule has 158 valence electrons. The van der Waals surface area contributed by atoms with E-state index in [4.69, 9.17) is 4.52 Å².